The van der Waals surface area contributed by atoms with Gasteiger partial charge in [0.05, 0.1) is 4.47 Å². The lowest BCUT2D eigenvalue weighted by molar-refractivity contribution is -0.380. The number of nitrogens with zero attached hydrogens (tertiary/aromatic N) is 1. The lowest BCUT2D eigenvalue weighted by Gasteiger charge is -2.06. The molecule has 1 heterocycles. The van der Waals surface area contributed by atoms with Gasteiger partial charge >= 0.3 is 5.97 Å². The minimum Gasteiger partial charge on any atom is -0.481 e. The Balaban J connectivity index is 1.88. The van der Waals surface area contributed by atoms with Crippen LogP contribution in [0.15, 0.2) is 52.2 Å². The standard InChI is InChI=1S/C14H11BrClN3O3/c15-10-7-9(16)4-5-12(10)21-8-13(20)22-19-14(17)11-3-1-2-6-18-11/h1-7H,8H2,(H2,17,19)/p+1. The summed E-state index contributed by atoms with van der Waals surface area (Å²) in [5.41, 5.74) is 6.21. The average Bonchev–Trinajstić information content (AvgIpc) is 2.52. The maximum absolute atomic E-state index is 11.6. The van der Waals surface area contributed by atoms with Crippen LogP contribution in [-0.4, -0.2) is 18.4 Å². The number of hydrogen-bond donors (Lipinski definition) is 1. The normalized spacial score (nSPS) is 11.1. The Labute approximate surface area is 140 Å². The molecule has 6 nitrogen and oxygen atoms in total. The summed E-state index contributed by atoms with van der Waals surface area (Å²) in [6.45, 7) is -0.310. The van der Waals surface area contributed by atoms with Gasteiger partial charge in [-0.3, -0.25) is 0 Å². The number of nitrogens with one attached hydrogen (secondary N) is 1. The number of H-pyrrole nitrogens is 1. The predicted molar refractivity (Wildman–Crippen MR) is 84.5 cm³/mol. The zero-order valence-electron chi connectivity index (χ0n) is 11.3. The molecule has 0 unspecified atom stereocenters. The van der Waals surface area contributed by atoms with Crippen LogP contribution in [0.3, 0.4) is 0 Å². The number of ether oxygens (including phenoxy) is 1. The third kappa shape index (κ3) is 4.71. The highest BCUT2D eigenvalue weighted by Crippen LogP contribution is 2.27. The number of benzene rings is 1. The largest absolute Gasteiger partial charge is 0.481 e. The molecule has 0 radical (unpaired) electrons. The van der Waals surface area contributed by atoms with Gasteiger partial charge in [-0.05, 0) is 40.2 Å². The average molecular weight is 386 g/mol. The van der Waals surface area contributed by atoms with Crippen molar-refractivity contribution in [2.24, 2.45) is 10.9 Å². The third-order valence-corrected chi connectivity index (χ3v) is 3.33. The van der Waals surface area contributed by atoms with E-state index in [1.807, 2.05) is 0 Å². The molecule has 0 aliphatic carbocycles. The van der Waals surface area contributed by atoms with Crippen LogP contribution in [0.4, 0.5) is 0 Å². The van der Waals surface area contributed by atoms with Crippen molar-refractivity contribution in [2.75, 3.05) is 6.61 Å². The van der Waals surface area contributed by atoms with Crippen molar-refractivity contribution < 1.29 is 19.4 Å². The summed E-state index contributed by atoms with van der Waals surface area (Å²) >= 11 is 9.09. The smallest absolute Gasteiger partial charge is 0.372 e. The Bertz CT molecular complexity index is 695. The first-order valence-electron chi connectivity index (χ1n) is 6.14. The Morgan fingerprint density at radius 1 is 1.36 bits per heavy atom. The molecule has 0 atom stereocenters. The van der Waals surface area contributed by atoms with Crippen molar-refractivity contribution in [3.05, 3.63) is 57.8 Å². The van der Waals surface area contributed by atoms with Crippen molar-refractivity contribution in [1.29, 1.82) is 0 Å². The molecule has 0 aliphatic heterocycles. The summed E-state index contributed by atoms with van der Waals surface area (Å²) in [5.74, 6) is -0.156. The topological polar surface area (TPSA) is 88.1 Å². The summed E-state index contributed by atoms with van der Waals surface area (Å²) < 4.78 is 5.93. The summed E-state index contributed by atoms with van der Waals surface area (Å²) in [5, 5.41) is 4.10. The number of aromatic amines is 1. The van der Waals surface area contributed by atoms with E-state index in [4.69, 9.17) is 22.1 Å². The van der Waals surface area contributed by atoms with E-state index in [0.29, 0.717) is 20.9 Å². The lowest BCUT2D eigenvalue weighted by atomic mass is 10.3. The SMILES string of the molecule is NC(=NOC(=O)COc1ccc(Cl)cc1Br)c1cccc[nH+]1. The van der Waals surface area contributed by atoms with Crippen molar-refractivity contribution in [2.45, 2.75) is 0 Å². The van der Waals surface area contributed by atoms with Crippen molar-refractivity contribution in [1.82, 2.24) is 0 Å². The van der Waals surface area contributed by atoms with E-state index in [1.54, 1.807) is 42.6 Å². The second-order valence-electron chi connectivity index (χ2n) is 4.08. The molecule has 8 heteroatoms. The van der Waals surface area contributed by atoms with Gasteiger partial charge in [0, 0.05) is 17.2 Å². The molecule has 0 amide bonds. The fourth-order valence-electron chi connectivity index (χ4n) is 1.46. The van der Waals surface area contributed by atoms with E-state index < -0.39 is 5.97 Å². The molecule has 114 valence electrons. The van der Waals surface area contributed by atoms with Crippen LogP contribution in [0.25, 0.3) is 0 Å². The van der Waals surface area contributed by atoms with Crippen LogP contribution >= 0.6 is 27.5 Å². The first-order valence-corrected chi connectivity index (χ1v) is 7.31. The zero-order chi connectivity index (χ0) is 15.9. The van der Waals surface area contributed by atoms with Crippen molar-refractivity contribution in [3.63, 3.8) is 0 Å². The molecule has 1 aromatic carbocycles. The van der Waals surface area contributed by atoms with E-state index in [9.17, 15) is 4.79 Å². The van der Waals surface area contributed by atoms with Gasteiger partial charge in [-0.15, -0.1) is 0 Å². The number of hydrogen-bond acceptors (Lipinski definition) is 4. The van der Waals surface area contributed by atoms with Crippen LogP contribution < -0.4 is 15.5 Å². The molecule has 0 saturated heterocycles. The maximum atomic E-state index is 11.6. The van der Waals surface area contributed by atoms with Gasteiger partial charge in [0.25, 0.3) is 0 Å². The number of aromatic nitrogens is 1. The van der Waals surface area contributed by atoms with Gasteiger partial charge in [0.1, 0.15) is 5.75 Å². The van der Waals surface area contributed by atoms with Gasteiger partial charge in [0.2, 0.25) is 11.5 Å². The summed E-state index contributed by atoms with van der Waals surface area (Å²) in [6.07, 6.45) is 1.68. The number of nitrogens with two attached hydrogens (primary N) is 1. The highest BCUT2D eigenvalue weighted by Gasteiger charge is 2.10. The summed E-state index contributed by atoms with van der Waals surface area (Å²) in [7, 11) is 0. The van der Waals surface area contributed by atoms with Crippen molar-refractivity contribution in [3.8, 4) is 5.75 Å². The maximum Gasteiger partial charge on any atom is 0.372 e. The minimum absolute atomic E-state index is 0.0571. The number of amidine groups is 1. The first-order chi connectivity index (χ1) is 10.6. The fraction of sp³-hybridized carbons (Fsp3) is 0.0714. The van der Waals surface area contributed by atoms with Crippen molar-refractivity contribution >= 4 is 39.3 Å². The second kappa shape index (κ2) is 7.77. The van der Waals surface area contributed by atoms with Gasteiger partial charge in [-0.1, -0.05) is 16.8 Å². The van der Waals surface area contributed by atoms with Crippen LogP contribution in [0.5, 0.6) is 5.75 Å². The minimum atomic E-state index is -0.680. The number of halogens is 2. The Hall–Kier alpha value is -2.12. The predicted octanol–water partition coefficient (Wildman–Crippen LogP) is 2.16. The molecule has 1 aromatic heterocycles. The summed E-state index contributed by atoms with van der Waals surface area (Å²) in [4.78, 5) is 19.1. The molecule has 0 bridgehead atoms. The van der Waals surface area contributed by atoms with E-state index in [0.717, 1.165) is 0 Å². The number of carbonyl (C=O) groups is 1. The number of carbonyl (C=O) groups excluding carboxylic acids is 1. The van der Waals surface area contributed by atoms with E-state index in [1.165, 1.54) is 0 Å². The van der Waals surface area contributed by atoms with E-state index >= 15 is 0 Å². The lowest BCUT2D eigenvalue weighted by Crippen LogP contribution is -2.25. The molecule has 2 aromatic rings. The second-order valence-corrected chi connectivity index (χ2v) is 5.37. The third-order valence-electron chi connectivity index (χ3n) is 2.47. The fourth-order valence-corrected chi connectivity index (χ4v) is 2.25. The van der Waals surface area contributed by atoms with Gasteiger partial charge in [-0.2, -0.15) is 0 Å². The number of oxime groups is 1. The molecule has 3 N–H and O–H groups in total. The molecule has 0 fully saturated rings. The van der Waals surface area contributed by atoms with Gasteiger partial charge in [0.15, 0.2) is 12.8 Å². The quantitative estimate of drug-likeness (QED) is 0.370. The molecule has 0 aliphatic rings. The molecule has 2 rings (SSSR count). The highest BCUT2D eigenvalue weighted by molar-refractivity contribution is 9.10. The molecular formula is C14H12BrClN3O3+. The monoisotopic (exact) mass is 384 g/mol. The molecule has 22 heavy (non-hydrogen) atoms. The summed E-state index contributed by atoms with van der Waals surface area (Å²) in [6, 6.07) is 10.2. The molecular weight excluding hydrogens is 374 g/mol. The molecule has 0 spiro atoms. The Morgan fingerprint density at radius 3 is 2.86 bits per heavy atom. The van der Waals surface area contributed by atoms with Gasteiger partial charge < -0.3 is 15.3 Å². The van der Waals surface area contributed by atoms with Crippen LogP contribution in [0.1, 0.15) is 5.69 Å². The number of pyridine rings is 1. The Morgan fingerprint density at radius 2 is 2.18 bits per heavy atom. The van der Waals surface area contributed by atoms with Crippen LogP contribution in [0, 0.1) is 0 Å². The van der Waals surface area contributed by atoms with Gasteiger partial charge in [-0.25, -0.2) is 9.78 Å². The number of rotatable bonds is 5. The zero-order valence-corrected chi connectivity index (χ0v) is 13.6. The van der Waals surface area contributed by atoms with E-state index in [-0.39, 0.29) is 12.4 Å². The first kappa shape index (κ1) is 16.3. The van der Waals surface area contributed by atoms with Crippen LogP contribution in [0.2, 0.25) is 5.02 Å². The Kier molecular flexibility index (Phi) is 5.74. The highest BCUT2D eigenvalue weighted by atomic mass is 79.9. The van der Waals surface area contributed by atoms with Crippen LogP contribution in [-0.2, 0) is 9.63 Å². The van der Waals surface area contributed by atoms with E-state index in [2.05, 4.69) is 30.9 Å². The molecule has 0 saturated carbocycles.